The third-order valence-corrected chi connectivity index (χ3v) is 4.53. The summed E-state index contributed by atoms with van der Waals surface area (Å²) >= 11 is 0. The van der Waals surface area contributed by atoms with Gasteiger partial charge in [0.15, 0.2) is 14.6 Å². The summed E-state index contributed by atoms with van der Waals surface area (Å²) in [4.78, 5) is 2.77. The first-order valence-corrected chi connectivity index (χ1v) is 11.0. The zero-order chi connectivity index (χ0) is 17.2. The number of azide groups is 1. The first kappa shape index (κ1) is 21.1. The molecule has 1 atom stereocenters. The van der Waals surface area contributed by atoms with Crippen LogP contribution in [0, 0.1) is 0 Å². The molecule has 0 aromatic rings. The molecule has 0 amide bonds. The Labute approximate surface area is 135 Å². The van der Waals surface area contributed by atoms with Gasteiger partial charge in [0.1, 0.15) is 0 Å². The second kappa shape index (κ2) is 10.0. The van der Waals surface area contributed by atoms with Gasteiger partial charge in [0.25, 0.3) is 0 Å². The van der Waals surface area contributed by atoms with Crippen molar-refractivity contribution in [1.82, 2.24) is 0 Å². The highest BCUT2D eigenvalue weighted by molar-refractivity contribution is 6.69. The van der Waals surface area contributed by atoms with Gasteiger partial charge >= 0.3 is 0 Å². The summed E-state index contributed by atoms with van der Waals surface area (Å²) in [5, 5.41) is 3.57. The van der Waals surface area contributed by atoms with E-state index in [0.717, 1.165) is 31.3 Å². The molecule has 0 aliphatic rings. The van der Waals surface area contributed by atoms with Crippen LogP contribution in [-0.2, 0) is 13.9 Å². The zero-order valence-electron chi connectivity index (χ0n) is 14.9. The smallest absolute Gasteiger partial charge is 0.184 e. The molecule has 0 saturated heterocycles. The van der Waals surface area contributed by atoms with Crippen LogP contribution in [0.1, 0.15) is 32.6 Å². The largest absolute Gasteiger partial charge is 0.409 e. The van der Waals surface area contributed by atoms with Crippen LogP contribution >= 0.6 is 0 Å². The molecule has 22 heavy (non-hydrogen) atoms. The van der Waals surface area contributed by atoms with E-state index in [2.05, 4.69) is 43.2 Å². The lowest BCUT2D eigenvalue weighted by Gasteiger charge is -2.39. The Morgan fingerprint density at radius 2 is 1.91 bits per heavy atom. The number of nitrogens with zero attached hydrogens (tertiary/aromatic N) is 3. The van der Waals surface area contributed by atoms with Crippen molar-refractivity contribution in [2.24, 2.45) is 5.11 Å². The van der Waals surface area contributed by atoms with Crippen molar-refractivity contribution in [3.8, 4) is 0 Å². The highest BCUT2D eigenvalue weighted by atomic mass is 28.4. The molecule has 0 aliphatic heterocycles. The predicted molar refractivity (Wildman–Crippen MR) is 92.3 cm³/mol. The lowest BCUT2D eigenvalue weighted by molar-refractivity contribution is -0.113. The van der Waals surface area contributed by atoms with Crippen LogP contribution in [0.15, 0.2) is 17.3 Å². The number of methoxy groups -OCH3 is 2. The van der Waals surface area contributed by atoms with Gasteiger partial charge in [0.2, 0.25) is 0 Å². The van der Waals surface area contributed by atoms with Crippen LogP contribution in [0.3, 0.4) is 0 Å². The van der Waals surface area contributed by atoms with Crippen molar-refractivity contribution < 1.29 is 13.9 Å². The van der Waals surface area contributed by atoms with Gasteiger partial charge in [-0.15, -0.1) is 0 Å². The lowest BCUT2D eigenvalue weighted by atomic mass is 9.89. The number of hydrogen-bond acceptors (Lipinski definition) is 4. The van der Waals surface area contributed by atoms with Gasteiger partial charge in [0.05, 0.1) is 5.60 Å². The maximum absolute atomic E-state index is 8.33. The van der Waals surface area contributed by atoms with Crippen molar-refractivity contribution in [3.05, 3.63) is 22.6 Å². The maximum Gasteiger partial charge on any atom is 0.184 e. The van der Waals surface area contributed by atoms with E-state index in [9.17, 15) is 0 Å². The third kappa shape index (κ3) is 8.56. The molecule has 0 fully saturated rings. The van der Waals surface area contributed by atoms with Crippen LogP contribution in [0.4, 0.5) is 0 Å². The van der Waals surface area contributed by atoms with E-state index in [1.807, 2.05) is 0 Å². The first-order valence-electron chi connectivity index (χ1n) is 7.63. The Morgan fingerprint density at radius 3 is 2.36 bits per heavy atom. The Balaban J connectivity index is 4.83. The molecule has 0 rings (SSSR count). The molecule has 7 heteroatoms. The van der Waals surface area contributed by atoms with Crippen LogP contribution in [0.2, 0.25) is 19.6 Å². The number of hydrogen-bond donors (Lipinski definition) is 0. The molecule has 0 heterocycles. The Hall–Kier alpha value is -0.853. The van der Waals surface area contributed by atoms with Crippen molar-refractivity contribution in [3.63, 3.8) is 0 Å². The van der Waals surface area contributed by atoms with Crippen molar-refractivity contribution in [2.45, 2.75) is 64.1 Å². The van der Waals surface area contributed by atoms with Crippen LogP contribution in [0.25, 0.3) is 10.4 Å². The highest BCUT2D eigenvalue weighted by Crippen LogP contribution is 2.33. The number of ether oxygens (including phenoxy) is 2. The van der Waals surface area contributed by atoms with Crippen molar-refractivity contribution in [2.75, 3.05) is 20.8 Å². The van der Waals surface area contributed by atoms with E-state index in [4.69, 9.17) is 19.4 Å². The summed E-state index contributed by atoms with van der Waals surface area (Å²) in [7, 11) is 1.55. The monoisotopic (exact) mass is 329 g/mol. The second-order valence-corrected chi connectivity index (χ2v) is 11.0. The first-order chi connectivity index (χ1) is 10.2. The molecular formula is C15H31N3O3Si. The predicted octanol–water partition coefficient (Wildman–Crippen LogP) is 4.64. The van der Waals surface area contributed by atoms with Gasteiger partial charge in [-0.3, -0.25) is 0 Å². The third-order valence-electron chi connectivity index (χ3n) is 3.46. The quantitative estimate of drug-likeness (QED) is 0.0995. The molecule has 0 spiro atoms. The van der Waals surface area contributed by atoms with Crippen molar-refractivity contribution in [1.29, 1.82) is 0 Å². The molecule has 128 valence electrons. The molecule has 0 saturated carbocycles. The normalized spacial score (nSPS) is 14.5. The molecule has 0 aromatic heterocycles. The highest BCUT2D eigenvalue weighted by Gasteiger charge is 2.34. The average molecular weight is 330 g/mol. The number of rotatable bonds is 12. The Kier molecular flexibility index (Phi) is 9.63. The van der Waals surface area contributed by atoms with E-state index >= 15 is 0 Å². The molecular weight excluding hydrogens is 298 g/mol. The second-order valence-electron chi connectivity index (χ2n) is 6.55. The summed E-state index contributed by atoms with van der Waals surface area (Å²) in [5.74, 6) is 0. The SMILES string of the molecule is C=C(CCCN=[N+]=[N-])C(C)(CCC(OC)OC)O[Si](C)(C)C. The van der Waals surface area contributed by atoms with Crippen LogP contribution in [0.5, 0.6) is 0 Å². The summed E-state index contributed by atoms with van der Waals surface area (Å²) in [6.07, 6.45) is 2.85. The van der Waals surface area contributed by atoms with Gasteiger partial charge < -0.3 is 13.9 Å². The molecule has 1 unspecified atom stereocenters. The topological polar surface area (TPSA) is 76.5 Å². The molecule has 0 bridgehead atoms. The van der Waals surface area contributed by atoms with Crippen LogP contribution in [-0.4, -0.2) is 41.0 Å². The fourth-order valence-corrected chi connectivity index (χ4v) is 3.97. The summed E-state index contributed by atoms with van der Waals surface area (Å²) in [5.41, 5.74) is 8.96. The molecule has 0 radical (unpaired) electrons. The summed E-state index contributed by atoms with van der Waals surface area (Å²) in [6.45, 7) is 13.3. The summed E-state index contributed by atoms with van der Waals surface area (Å²) < 4.78 is 16.9. The van der Waals surface area contributed by atoms with Crippen molar-refractivity contribution >= 4 is 8.32 Å². The van der Waals surface area contributed by atoms with E-state index in [0.29, 0.717) is 6.54 Å². The average Bonchev–Trinajstić information content (AvgIpc) is 2.42. The van der Waals surface area contributed by atoms with E-state index < -0.39 is 13.9 Å². The maximum atomic E-state index is 8.33. The Bertz CT molecular complexity index is 388. The minimum absolute atomic E-state index is 0.236. The molecule has 6 nitrogen and oxygen atoms in total. The Morgan fingerprint density at radius 1 is 1.32 bits per heavy atom. The fourth-order valence-electron chi connectivity index (χ4n) is 2.37. The fraction of sp³-hybridized carbons (Fsp3) is 0.867. The lowest BCUT2D eigenvalue weighted by Crippen LogP contribution is -2.42. The zero-order valence-corrected chi connectivity index (χ0v) is 15.9. The van der Waals surface area contributed by atoms with Crippen LogP contribution < -0.4 is 0 Å². The van der Waals surface area contributed by atoms with Gasteiger partial charge in [-0.2, -0.15) is 0 Å². The molecule has 0 N–H and O–H groups in total. The van der Waals surface area contributed by atoms with Gasteiger partial charge in [0, 0.05) is 32.1 Å². The molecule has 0 aromatic carbocycles. The minimum Gasteiger partial charge on any atom is -0.409 e. The van der Waals surface area contributed by atoms with Gasteiger partial charge in [-0.05, 0) is 56.9 Å². The van der Waals surface area contributed by atoms with E-state index in [1.54, 1.807) is 14.2 Å². The van der Waals surface area contributed by atoms with E-state index in [-0.39, 0.29) is 6.29 Å². The summed E-state index contributed by atoms with van der Waals surface area (Å²) in [6, 6.07) is 0. The van der Waals surface area contributed by atoms with Gasteiger partial charge in [-0.1, -0.05) is 11.7 Å². The standard InChI is InChI=1S/C15H31N3O3Si/c1-13(9-8-12-17-18-16)15(2,21-22(5,6)7)11-10-14(19-3)20-4/h14H,1,8-12H2,2-7H3. The van der Waals surface area contributed by atoms with E-state index in [1.165, 1.54) is 0 Å². The molecule has 0 aliphatic carbocycles. The van der Waals surface area contributed by atoms with Gasteiger partial charge in [-0.25, -0.2) is 0 Å². The minimum atomic E-state index is -1.73.